The van der Waals surface area contributed by atoms with Crippen molar-refractivity contribution in [3.05, 3.63) is 59.4 Å². The Kier molecular flexibility index (Phi) is 7.93. The van der Waals surface area contributed by atoms with Gasteiger partial charge in [0, 0.05) is 37.5 Å². The predicted molar refractivity (Wildman–Crippen MR) is 114 cm³/mol. The third-order valence-corrected chi connectivity index (χ3v) is 5.28. The molecule has 1 aromatic heterocycles. The number of rotatable bonds is 9. The molecule has 1 saturated heterocycles. The summed E-state index contributed by atoms with van der Waals surface area (Å²) < 4.78 is 10.6. The van der Waals surface area contributed by atoms with Gasteiger partial charge in [0.05, 0.1) is 13.7 Å². The van der Waals surface area contributed by atoms with Gasteiger partial charge in [-0.25, -0.2) is 0 Å². The van der Waals surface area contributed by atoms with Crippen LogP contribution in [-0.4, -0.2) is 68.6 Å². The summed E-state index contributed by atoms with van der Waals surface area (Å²) in [4.78, 5) is 32.2. The Bertz CT molecular complexity index is 851. The van der Waals surface area contributed by atoms with Crippen LogP contribution in [0.5, 0.6) is 5.75 Å². The van der Waals surface area contributed by atoms with Crippen molar-refractivity contribution in [3.8, 4) is 5.75 Å². The molecule has 1 aliphatic rings. The number of piperidine rings is 1. The van der Waals surface area contributed by atoms with E-state index in [0.717, 1.165) is 25.9 Å². The molecule has 0 bridgehead atoms. The minimum atomic E-state index is -0.247. The number of nitrogens with zero attached hydrogens (tertiary/aromatic N) is 2. The minimum Gasteiger partial charge on any atom is -0.497 e. The average Bonchev–Trinajstić information content (AvgIpc) is 2.81. The first-order valence-corrected chi connectivity index (χ1v) is 10.3. The smallest absolute Gasteiger partial charge is 0.254 e. The number of amides is 1. The zero-order valence-electron chi connectivity index (χ0n) is 17.6. The maximum Gasteiger partial charge on any atom is 0.254 e. The van der Waals surface area contributed by atoms with Crippen LogP contribution in [0.2, 0.25) is 0 Å². The second-order valence-electron chi connectivity index (χ2n) is 7.45. The summed E-state index contributed by atoms with van der Waals surface area (Å²) in [5.41, 5.74) is 1.13. The number of ketones is 1. The standard InChI is InChI=1S/C23H29N3O4/c1-29-11-10-26(16-17-6-5-8-24-15-17)23(28)19-12-18(13-20(14-19)30-2)22(27)21-7-3-4-9-25-21/h3-4,7,9,12-14,17,24H,5-6,8,10-11,15-16H2,1-2H3. The largest absolute Gasteiger partial charge is 0.497 e. The molecule has 1 fully saturated rings. The van der Waals surface area contributed by atoms with Gasteiger partial charge < -0.3 is 19.7 Å². The third-order valence-electron chi connectivity index (χ3n) is 5.28. The first kappa shape index (κ1) is 21.9. The van der Waals surface area contributed by atoms with Crippen molar-refractivity contribution in [2.45, 2.75) is 12.8 Å². The van der Waals surface area contributed by atoms with Gasteiger partial charge in [-0.15, -0.1) is 0 Å². The van der Waals surface area contributed by atoms with Gasteiger partial charge in [-0.2, -0.15) is 0 Å². The van der Waals surface area contributed by atoms with Gasteiger partial charge in [-0.05, 0) is 62.2 Å². The van der Waals surface area contributed by atoms with Gasteiger partial charge in [0.1, 0.15) is 11.4 Å². The number of hydrogen-bond acceptors (Lipinski definition) is 6. The van der Waals surface area contributed by atoms with Crippen LogP contribution in [0.3, 0.4) is 0 Å². The van der Waals surface area contributed by atoms with E-state index in [9.17, 15) is 9.59 Å². The topological polar surface area (TPSA) is 80.8 Å². The molecule has 1 amide bonds. The summed E-state index contributed by atoms with van der Waals surface area (Å²) in [5, 5.41) is 3.39. The monoisotopic (exact) mass is 411 g/mol. The van der Waals surface area contributed by atoms with Crippen LogP contribution in [0.4, 0.5) is 0 Å². The van der Waals surface area contributed by atoms with Crippen molar-refractivity contribution in [2.75, 3.05) is 47.0 Å². The highest BCUT2D eigenvalue weighted by Crippen LogP contribution is 2.22. The fraction of sp³-hybridized carbons (Fsp3) is 0.435. The number of ether oxygens (including phenoxy) is 2. The molecule has 1 unspecified atom stereocenters. The Morgan fingerprint density at radius 3 is 2.70 bits per heavy atom. The summed E-state index contributed by atoms with van der Waals surface area (Å²) in [6.07, 6.45) is 3.77. The van der Waals surface area contributed by atoms with Gasteiger partial charge in [0.15, 0.2) is 0 Å². The summed E-state index contributed by atoms with van der Waals surface area (Å²) in [7, 11) is 3.15. The number of carbonyl (C=O) groups excluding carboxylic acids is 2. The lowest BCUT2D eigenvalue weighted by Gasteiger charge is -2.30. The molecule has 1 aromatic carbocycles. The van der Waals surface area contributed by atoms with Crippen LogP contribution in [0.15, 0.2) is 42.6 Å². The Hall–Kier alpha value is -2.77. The van der Waals surface area contributed by atoms with E-state index in [1.165, 1.54) is 7.11 Å². The molecule has 1 N–H and O–H groups in total. The van der Waals surface area contributed by atoms with Crippen molar-refractivity contribution in [1.82, 2.24) is 15.2 Å². The number of pyridine rings is 1. The Balaban J connectivity index is 1.86. The SMILES string of the molecule is COCCN(CC1CCCNC1)C(=O)c1cc(OC)cc(C(=O)c2ccccn2)c1. The maximum absolute atomic E-state index is 13.4. The minimum absolute atomic E-state index is 0.133. The highest BCUT2D eigenvalue weighted by molar-refractivity contribution is 6.09. The molecular formula is C23H29N3O4. The van der Waals surface area contributed by atoms with Crippen molar-refractivity contribution in [1.29, 1.82) is 0 Å². The van der Waals surface area contributed by atoms with E-state index >= 15 is 0 Å². The van der Waals surface area contributed by atoms with Crippen molar-refractivity contribution in [2.24, 2.45) is 5.92 Å². The van der Waals surface area contributed by atoms with E-state index in [1.54, 1.807) is 49.7 Å². The summed E-state index contributed by atoms with van der Waals surface area (Å²) >= 11 is 0. The first-order chi connectivity index (χ1) is 14.6. The number of benzene rings is 1. The van der Waals surface area contributed by atoms with Crippen LogP contribution >= 0.6 is 0 Å². The van der Waals surface area contributed by atoms with Crippen molar-refractivity contribution < 1.29 is 19.1 Å². The number of hydrogen-bond donors (Lipinski definition) is 1. The fourth-order valence-corrected chi connectivity index (χ4v) is 3.67. The molecule has 7 nitrogen and oxygen atoms in total. The Labute approximate surface area is 177 Å². The predicted octanol–water partition coefficient (Wildman–Crippen LogP) is 2.41. The van der Waals surface area contributed by atoms with E-state index in [0.29, 0.717) is 48.2 Å². The molecule has 0 spiro atoms. The summed E-state index contributed by atoms with van der Waals surface area (Å²) in [5.74, 6) is 0.487. The van der Waals surface area contributed by atoms with Crippen LogP contribution in [-0.2, 0) is 4.74 Å². The molecule has 2 heterocycles. The Morgan fingerprint density at radius 2 is 2.03 bits per heavy atom. The van der Waals surface area contributed by atoms with Crippen molar-refractivity contribution in [3.63, 3.8) is 0 Å². The average molecular weight is 412 g/mol. The number of carbonyl (C=O) groups is 2. The molecule has 0 saturated carbocycles. The molecule has 160 valence electrons. The molecule has 2 aromatic rings. The van der Waals surface area contributed by atoms with Gasteiger partial charge in [-0.3, -0.25) is 14.6 Å². The molecule has 7 heteroatoms. The lowest BCUT2D eigenvalue weighted by atomic mass is 9.98. The van der Waals surface area contributed by atoms with Crippen molar-refractivity contribution >= 4 is 11.7 Å². The molecule has 1 aliphatic heterocycles. The second kappa shape index (κ2) is 10.8. The van der Waals surface area contributed by atoms with E-state index in [2.05, 4.69) is 10.3 Å². The van der Waals surface area contributed by atoms with E-state index < -0.39 is 0 Å². The third kappa shape index (κ3) is 5.64. The van der Waals surface area contributed by atoms with E-state index in [1.807, 2.05) is 4.90 Å². The second-order valence-corrected chi connectivity index (χ2v) is 7.45. The zero-order valence-corrected chi connectivity index (χ0v) is 17.6. The maximum atomic E-state index is 13.4. The highest BCUT2D eigenvalue weighted by atomic mass is 16.5. The van der Waals surface area contributed by atoms with E-state index in [-0.39, 0.29) is 11.7 Å². The molecule has 3 rings (SSSR count). The van der Waals surface area contributed by atoms with Gasteiger partial charge in [-0.1, -0.05) is 6.07 Å². The highest BCUT2D eigenvalue weighted by Gasteiger charge is 2.23. The fourth-order valence-electron chi connectivity index (χ4n) is 3.67. The van der Waals surface area contributed by atoms with E-state index in [4.69, 9.17) is 9.47 Å². The normalized spacial score (nSPS) is 16.1. The summed E-state index contributed by atoms with van der Waals surface area (Å²) in [6.45, 7) is 3.52. The van der Waals surface area contributed by atoms with Crippen LogP contribution in [0.1, 0.15) is 39.3 Å². The molecule has 30 heavy (non-hydrogen) atoms. The first-order valence-electron chi connectivity index (χ1n) is 10.3. The van der Waals surface area contributed by atoms with Gasteiger partial charge >= 0.3 is 0 Å². The number of aromatic nitrogens is 1. The lowest BCUT2D eigenvalue weighted by molar-refractivity contribution is 0.0651. The molecular weight excluding hydrogens is 382 g/mol. The van der Waals surface area contributed by atoms with Crippen LogP contribution in [0, 0.1) is 5.92 Å². The van der Waals surface area contributed by atoms with Gasteiger partial charge in [0.25, 0.3) is 5.91 Å². The molecule has 0 aliphatic carbocycles. The lowest BCUT2D eigenvalue weighted by Crippen LogP contribution is -2.42. The molecule has 1 atom stereocenters. The van der Waals surface area contributed by atoms with Crippen LogP contribution < -0.4 is 10.1 Å². The van der Waals surface area contributed by atoms with Gasteiger partial charge in [0.2, 0.25) is 5.78 Å². The zero-order chi connectivity index (χ0) is 21.3. The Morgan fingerprint density at radius 1 is 1.20 bits per heavy atom. The number of nitrogens with one attached hydrogen (secondary N) is 1. The number of methoxy groups -OCH3 is 2. The molecule has 0 radical (unpaired) electrons. The van der Waals surface area contributed by atoms with Crippen LogP contribution in [0.25, 0.3) is 0 Å². The summed E-state index contributed by atoms with van der Waals surface area (Å²) in [6, 6.07) is 10.1. The quantitative estimate of drug-likeness (QED) is 0.639.